The van der Waals surface area contributed by atoms with Gasteiger partial charge in [-0.1, -0.05) is 38.8 Å². The maximum Gasteiger partial charge on any atom is 0.143 e. The Bertz CT molecular complexity index is 193. The molecule has 0 saturated carbocycles. The van der Waals surface area contributed by atoms with Crippen LogP contribution in [0.3, 0.4) is 0 Å². The minimum absolute atomic E-state index is 0.194. The fraction of sp³-hybridized carbons (Fsp3) is 0.769. The highest BCUT2D eigenvalue weighted by Gasteiger charge is 2.05. The highest BCUT2D eigenvalue weighted by molar-refractivity contribution is 4.84. The van der Waals surface area contributed by atoms with Crippen LogP contribution in [0.2, 0.25) is 0 Å². The number of hydrogen-bond acceptors (Lipinski definition) is 2. The molecule has 0 aliphatic rings. The van der Waals surface area contributed by atoms with E-state index in [9.17, 15) is 0 Å². The van der Waals surface area contributed by atoms with Crippen molar-refractivity contribution in [2.75, 3.05) is 6.61 Å². The van der Waals surface area contributed by atoms with Gasteiger partial charge in [0.2, 0.25) is 0 Å². The van der Waals surface area contributed by atoms with Crippen molar-refractivity contribution >= 4 is 0 Å². The van der Waals surface area contributed by atoms with Crippen LogP contribution in [0.4, 0.5) is 0 Å². The lowest BCUT2D eigenvalue weighted by atomic mass is 10.2. The van der Waals surface area contributed by atoms with E-state index in [2.05, 4.69) is 32.1 Å². The minimum atomic E-state index is -0.194. The zero-order valence-electron chi connectivity index (χ0n) is 10.0. The summed E-state index contributed by atoms with van der Waals surface area (Å²) >= 11 is 0. The van der Waals surface area contributed by atoms with Crippen LogP contribution in [0.15, 0.2) is 12.2 Å². The summed E-state index contributed by atoms with van der Waals surface area (Å²) in [5, 5.41) is 8.80. The molecule has 0 aliphatic carbocycles. The summed E-state index contributed by atoms with van der Waals surface area (Å²) in [4.78, 5) is 0. The highest BCUT2D eigenvalue weighted by atomic mass is 16.5. The molecule has 1 unspecified atom stereocenters. The first-order valence-corrected chi connectivity index (χ1v) is 6.01. The van der Waals surface area contributed by atoms with Crippen molar-refractivity contribution in [3.05, 3.63) is 12.2 Å². The fourth-order valence-corrected chi connectivity index (χ4v) is 1.29. The van der Waals surface area contributed by atoms with Crippen LogP contribution in [0, 0.1) is 11.3 Å². The largest absolute Gasteiger partial charge is 0.363 e. The number of nitriles is 1. The normalized spacial score (nSPS) is 12.9. The lowest BCUT2D eigenvalue weighted by Gasteiger charge is -2.09. The second-order valence-electron chi connectivity index (χ2n) is 3.65. The van der Waals surface area contributed by atoms with Crippen LogP contribution in [0.5, 0.6) is 0 Å². The van der Waals surface area contributed by atoms with Crippen LogP contribution in [-0.4, -0.2) is 12.7 Å². The number of nitrogens with zero attached hydrogens (tertiary/aromatic N) is 1. The molecule has 1 atom stereocenters. The van der Waals surface area contributed by atoms with Gasteiger partial charge in [-0.2, -0.15) is 5.26 Å². The number of allylic oxidation sites excluding steroid dienone is 2. The summed E-state index contributed by atoms with van der Waals surface area (Å²) < 4.78 is 5.48. The third-order valence-corrected chi connectivity index (χ3v) is 2.20. The molecule has 2 nitrogen and oxygen atoms in total. The molecule has 15 heavy (non-hydrogen) atoms. The van der Waals surface area contributed by atoms with Crippen molar-refractivity contribution in [3.63, 3.8) is 0 Å². The van der Waals surface area contributed by atoms with Crippen molar-refractivity contribution in [2.24, 2.45) is 0 Å². The molecule has 0 radical (unpaired) electrons. The first kappa shape index (κ1) is 14.2. The van der Waals surface area contributed by atoms with Gasteiger partial charge in [-0.15, -0.1) is 0 Å². The molecule has 86 valence electrons. The summed E-state index contributed by atoms with van der Waals surface area (Å²) in [5.41, 5.74) is 0. The van der Waals surface area contributed by atoms with E-state index in [1.807, 2.05) is 0 Å². The molecule has 0 spiro atoms. The van der Waals surface area contributed by atoms with E-state index in [0.29, 0.717) is 6.61 Å². The molecule has 0 saturated heterocycles. The summed E-state index contributed by atoms with van der Waals surface area (Å²) in [5.74, 6) is 0. The van der Waals surface area contributed by atoms with Gasteiger partial charge in [0.15, 0.2) is 0 Å². The average molecular weight is 209 g/mol. The SMILES string of the molecule is CC/C=C\CCCOC(C#N)CCCC. The Balaban J connectivity index is 3.39. The van der Waals surface area contributed by atoms with E-state index in [-0.39, 0.29) is 6.10 Å². The molecule has 0 fully saturated rings. The molecule has 0 heterocycles. The number of ether oxygens (including phenoxy) is 1. The predicted octanol–water partition coefficient (Wildman–Crippen LogP) is 3.83. The molecule has 0 aliphatic heterocycles. The summed E-state index contributed by atoms with van der Waals surface area (Å²) in [6.07, 6.45) is 10.4. The Labute approximate surface area is 93.9 Å². The molecule has 0 bridgehead atoms. The predicted molar refractivity (Wildman–Crippen MR) is 63.5 cm³/mol. The van der Waals surface area contributed by atoms with E-state index < -0.39 is 0 Å². The Kier molecular flexibility index (Phi) is 10.7. The second kappa shape index (κ2) is 11.3. The number of rotatable bonds is 9. The van der Waals surface area contributed by atoms with E-state index >= 15 is 0 Å². The van der Waals surface area contributed by atoms with Gasteiger partial charge < -0.3 is 4.74 Å². The Morgan fingerprint density at radius 2 is 2.07 bits per heavy atom. The van der Waals surface area contributed by atoms with Gasteiger partial charge in [-0.25, -0.2) is 0 Å². The van der Waals surface area contributed by atoms with Gasteiger partial charge in [0.1, 0.15) is 6.10 Å². The van der Waals surface area contributed by atoms with Crippen LogP contribution < -0.4 is 0 Å². The van der Waals surface area contributed by atoms with Crippen molar-refractivity contribution in [3.8, 4) is 6.07 Å². The zero-order valence-corrected chi connectivity index (χ0v) is 10.0. The molecule has 0 aromatic rings. The molecule has 2 heteroatoms. The lowest BCUT2D eigenvalue weighted by Crippen LogP contribution is -2.11. The van der Waals surface area contributed by atoms with Crippen molar-refractivity contribution in [2.45, 2.75) is 58.5 Å². The van der Waals surface area contributed by atoms with E-state index in [0.717, 1.165) is 38.5 Å². The van der Waals surface area contributed by atoms with Crippen LogP contribution in [0.1, 0.15) is 52.4 Å². The zero-order chi connectivity index (χ0) is 11.4. The molecular weight excluding hydrogens is 186 g/mol. The highest BCUT2D eigenvalue weighted by Crippen LogP contribution is 2.05. The smallest absolute Gasteiger partial charge is 0.143 e. The van der Waals surface area contributed by atoms with Gasteiger partial charge in [0, 0.05) is 6.61 Å². The molecule has 0 aromatic heterocycles. The molecule has 0 rings (SSSR count). The Hall–Kier alpha value is -0.810. The minimum Gasteiger partial charge on any atom is -0.363 e. The summed E-state index contributed by atoms with van der Waals surface area (Å²) in [6.45, 7) is 4.96. The fourth-order valence-electron chi connectivity index (χ4n) is 1.29. The number of unbranched alkanes of at least 4 members (excludes halogenated alkanes) is 2. The van der Waals surface area contributed by atoms with E-state index in [1.54, 1.807) is 0 Å². The molecular formula is C13H23NO. The average Bonchev–Trinajstić information content (AvgIpc) is 2.27. The Morgan fingerprint density at radius 3 is 2.67 bits per heavy atom. The van der Waals surface area contributed by atoms with Gasteiger partial charge in [0.05, 0.1) is 6.07 Å². The lowest BCUT2D eigenvalue weighted by molar-refractivity contribution is 0.0814. The Morgan fingerprint density at radius 1 is 1.27 bits per heavy atom. The monoisotopic (exact) mass is 209 g/mol. The summed E-state index contributed by atoms with van der Waals surface area (Å²) in [6, 6.07) is 2.20. The standard InChI is InChI=1S/C13H23NO/c1-3-5-7-8-9-11-15-13(12-14)10-6-4-2/h5,7,13H,3-4,6,8-11H2,1-2H3/b7-5-. The quantitative estimate of drug-likeness (QED) is 0.427. The topological polar surface area (TPSA) is 33.0 Å². The third kappa shape index (κ3) is 9.49. The first-order chi connectivity index (χ1) is 7.35. The van der Waals surface area contributed by atoms with Crippen molar-refractivity contribution in [1.82, 2.24) is 0 Å². The summed E-state index contributed by atoms with van der Waals surface area (Å²) in [7, 11) is 0. The van der Waals surface area contributed by atoms with E-state index in [1.165, 1.54) is 0 Å². The van der Waals surface area contributed by atoms with Crippen molar-refractivity contribution < 1.29 is 4.74 Å². The number of hydrogen-bond donors (Lipinski definition) is 0. The van der Waals surface area contributed by atoms with Crippen LogP contribution in [-0.2, 0) is 4.74 Å². The van der Waals surface area contributed by atoms with Gasteiger partial charge >= 0.3 is 0 Å². The van der Waals surface area contributed by atoms with Crippen LogP contribution >= 0.6 is 0 Å². The second-order valence-corrected chi connectivity index (χ2v) is 3.65. The molecule has 0 amide bonds. The van der Waals surface area contributed by atoms with E-state index in [4.69, 9.17) is 10.00 Å². The van der Waals surface area contributed by atoms with Gasteiger partial charge in [-0.05, 0) is 25.7 Å². The first-order valence-electron chi connectivity index (χ1n) is 6.01. The molecule has 0 N–H and O–H groups in total. The van der Waals surface area contributed by atoms with Crippen molar-refractivity contribution in [1.29, 1.82) is 5.26 Å². The van der Waals surface area contributed by atoms with Gasteiger partial charge in [0.25, 0.3) is 0 Å². The third-order valence-electron chi connectivity index (χ3n) is 2.20. The molecule has 0 aromatic carbocycles. The van der Waals surface area contributed by atoms with Crippen LogP contribution in [0.25, 0.3) is 0 Å². The maximum atomic E-state index is 8.80. The van der Waals surface area contributed by atoms with Gasteiger partial charge in [-0.3, -0.25) is 0 Å². The maximum absolute atomic E-state index is 8.80.